The smallest absolute Gasteiger partial charge is 0.255 e. The van der Waals surface area contributed by atoms with Crippen molar-refractivity contribution in [3.8, 4) is 0 Å². The molecule has 2 aromatic carbocycles. The average Bonchev–Trinajstić information content (AvgIpc) is 2.92. The SMILES string of the molecule is CC[C@H]1CN(C(=O)c2cnc3ccccc3c2)CCC(=O)N1Cc1ccccc1. The van der Waals surface area contributed by atoms with Crippen LogP contribution >= 0.6 is 0 Å². The number of hydrogen-bond acceptors (Lipinski definition) is 3. The Labute approximate surface area is 171 Å². The van der Waals surface area contributed by atoms with E-state index >= 15 is 0 Å². The Kier molecular flexibility index (Phi) is 5.56. The Morgan fingerprint density at radius 2 is 1.86 bits per heavy atom. The zero-order chi connectivity index (χ0) is 20.2. The average molecular weight is 387 g/mol. The quantitative estimate of drug-likeness (QED) is 0.682. The van der Waals surface area contributed by atoms with Gasteiger partial charge in [-0.1, -0.05) is 55.5 Å². The predicted octanol–water partition coefficient (Wildman–Crippen LogP) is 3.89. The number of carbonyl (C=O) groups excluding carboxylic acids is 2. The van der Waals surface area contributed by atoms with E-state index in [1.807, 2.05) is 70.5 Å². The van der Waals surface area contributed by atoms with Crippen molar-refractivity contribution < 1.29 is 9.59 Å². The summed E-state index contributed by atoms with van der Waals surface area (Å²) in [5.74, 6) is 0.0451. The van der Waals surface area contributed by atoms with Gasteiger partial charge in [0, 0.05) is 43.7 Å². The number of nitrogens with zero attached hydrogens (tertiary/aromatic N) is 3. The van der Waals surface area contributed by atoms with Crippen molar-refractivity contribution in [2.24, 2.45) is 0 Å². The molecule has 29 heavy (non-hydrogen) atoms. The second-order valence-electron chi connectivity index (χ2n) is 7.49. The van der Waals surface area contributed by atoms with Gasteiger partial charge in [0.2, 0.25) is 5.91 Å². The molecule has 1 aliphatic rings. The van der Waals surface area contributed by atoms with Crippen molar-refractivity contribution in [3.05, 3.63) is 78.0 Å². The fourth-order valence-corrected chi connectivity index (χ4v) is 3.92. The van der Waals surface area contributed by atoms with Crippen molar-refractivity contribution in [2.75, 3.05) is 13.1 Å². The van der Waals surface area contributed by atoms with Crippen LogP contribution in [0.3, 0.4) is 0 Å². The minimum Gasteiger partial charge on any atom is -0.336 e. The predicted molar refractivity (Wildman–Crippen MR) is 113 cm³/mol. The zero-order valence-electron chi connectivity index (χ0n) is 16.6. The molecule has 1 saturated heterocycles. The number of aromatic nitrogens is 1. The summed E-state index contributed by atoms with van der Waals surface area (Å²) in [5, 5.41) is 0.946. The summed E-state index contributed by atoms with van der Waals surface area (Å²) in [4.78, 5) is 34.2. The number of carbonyl (C=O) groups is 2. The van der Waals surface area contributed by atoms with E-state index in [9.17, 15) is 9.59 Å². The molecule has 1 atom stereocenters. The maximum absolute atomic E-state index is 13.2. The molecule has 3 aromatic rings. The van der Waals surface area contributed by atoms with Crippen LogP contribution in [-0.4, -0.2) is 45.7 Å². The third-order valence-corrected chi connectivity index (χ3v) is 5.58. The van der Waals surface area contributed by atoms with Crippen LogP contribution in [0.25, 0.3) is 10.9 Å². The highest BCUT2D eigenvalue weighted by molar-refractivity contribution is 5.97. The zero-order valence-corrected chi connectivity index (χ0v) is 16.6. The first-order chi connectivity index (χ1) is 14.2. The lowest BCUT2D eigenvalue weighted by Gasteiger charge is -2.31. The first kappa shape index (κ1) is 19.1. The van der Waals surface area contributed by atoms with Gasteiger partial charge in [-0.05, 0) is 24.1 Å². The fraction of sp³-hybridized carbons (Fsp3) is 0.292. The van der Waals surface area contributed by atoms with Gasteiger partial charge in [0.05, 0.1) is 11.1 Å². The molecule has 0 N–H and O–H groups in total. The topological polar surface area (TPSA) is 53.5 Å². The number of pyridine rings is 1. The maximum Gasteiger partial charge on any atom is 0.255 e. The Bertz CT molecular complexity index is 1020. The Morgan fingerprint density at radius 1 is 1.10 bits per heavy atom. The molecule has 5 heteroatoms. The third kappa shape index (κ3) is 4.14. The molecule has 2 amide bonds. The van der Waals surface area contributed by atoms with E-state index in [0.29, 0.717) is 31.6 Å². The molecule has 1 aliphatic heterocycles. The minimum atomic E-state index is -0.0592. The number of fused-ring (bicyclic) bond motifs is 1. The number of para-hydroxylation sites is 1. The summed E-state index contributed by atoms with van der Waals surface area (Å²) in [6.07, 6.45) is 2.79. The molecule has 5 nitrogen and oxygen atoms in total. The first-order valence-electron chi connectivity index (χ1n) is 10.1. The van der Waals surface area contributed by atoms with Gasteiger partial charge in [-0.2, -0.15) is 0 Å². The highest BCUT2D eigenvalue weighted by Crippen LogP contribution is 2.20. The van der Waals surface area contributed by atoms with Crippen molar-refractivity contribution in [3.63, 3.8) is 0 Å². The van der Waals surface area contributed by atoms with Crippen molar-refractivity contribution >= 4 is 22.7 Å². The number of hydrogen-bond donors (Lipinski definition) is 0. The molecule has 0 saturated carbocycles. The second-order valence-corrected chi connectivity index (χ2v) is 7.49. The van der Waals surface area contributed by atoms with Crippen LogP contribution in [0.15, 0.2) is 66.9 Å². The molecule has 0 spiro atoms. The molecular formula is C24H25N3O2. The monoisotopic (exact) mass is 387 g/mol. The summed E-state index contributed by atoms with van der Waals surface area (Å²) in [7, 11) is 0. The van der Waals surface area contributed by atoms with Crippen LogP contribution in [-0.2, 0) is 11.3 Å². The molecule has 0 radical (unpaired) electrons. The van der Waals surface area contributed by atoms with Gasteiger partial charge in [0.15, 0.2) is 0 Å². The highest BCUT2D eigenvalue weighted by Gasteiger charge is 2.31. The Hall–Kier alpha value is -3.21. The van der Waals surface area contributed by atoms with Gasteiger partial charge < -0.3 is 9.80 Å². The van der Waals surface area contributed by atoms with Crippen molar-refractivity contribution in [2.45, 2.75) is 32.4 Å². The molecular weight excluding hydrogens is 362 g/mol. The van der Waals surface area contributed by atoms with Gasteiger partial charge in [-0.15, -0.1) is 0 Å². The lowest BCUT2D eigenvalue weighted by atomic mass is 10.1. The van der Waals surface area contributed by atoms with Crippen LogP contribution in [0.5, 0.6) is 0 Å². The highest BCUT2D eigenvalue weighted by atomic mass is 16.2. The van der Waals surface area contributed by atoms with Gasteiger partial charge in [-0.25, -0.2) is 0 Å². The van der Waals surface area contributed by atoms with E-state index in [2.05, 4.69) is 11.9 Å². The van der Waals surface area contributed by atoms with E-state index < -0.39 is 0 Å². The minimum absolute atomic E-state index is 0.00238. The fourth-order valence-electron chi connectivity index (χ4n) is 3.92. The van der Waals surface area contributed by atoms with E-state index in [1.54, 1.807) is 6.20 Å². The lowest BCUT2D eigenvalue weighted by molar-refractivity contribution is -0.133. The van der Waals surface area contributed by atoms with Crippen LogP contribution < -0.4 is 0 Å². The molecule has 0 bridgehead atoms. The summed E-state index contributed by atoms with van der Waals surface area (Å²) in [5.41, 5.74) is 2.55. The molecule has 1 aromatic heterocycles. The van der Waals surface area contributed by atoms with Crippen LogP contribution in [0.4, 0.5) is 0 Å². The largest absolute Gasteiger partial charge is 0.336 e. The number of amides is 2. The lowest BCUT2D eigenvalue weighted by Crippen LogP contribution is -2.43. The molecule has 0 unspecified atom stereocenters. The molecule has 4 rings (SSSR count). The van der Waals surface area contributed by atoms with Gasteiger partial charge >= 0.3 is 0 Å². The van der Waals surface area contributed by atoms with Crippen LogP contribution in [0.2, 0.25) is 0 Å². The van der Waals surface area contributed by atoms with E-state index in [1.165, 1.54) is 0 Å². The summed E-state index contributed by atoms with van der Waals surface area (Å²) >= 11 is 0. The van der Waals surface area contributed by atoms with Crippen LogP contribution in [0, 0.1) is 0 Å². The first-order valence-corrected chi connectivity index (χ1v) is 10.1. The van der Waals surface area contributed by atoms with Crippen molar-refractivity contribution in [1.82, 2.24) is 14.8 Å². The molecule has 148 valence electrons. The maximum atomic E-state index is 13.2. The van der Waals surface area contributed by atoms with Gasteiger partial charge in [-0.3, -0.25) is 14.6 Å². The van der Waals surface area contributed by atoms with E-state index in [4.69, 9.17) is 0 Å². The number of benzene rings is 2. The normalized spacial score (nSPS) is 17.4. The van der Waals surface area contributed by atoms with Gasteiger partial charge in [0.1, 0.15) is 0 Å². The molecule has 1 fully saturated rings. The van der Waals surface area contributed by atoms with Crippen LogP contribution in [0.1, 0.15) is 35.7 Å². The summed E-state index contributed by atoms with van der Waals surface area (Å²) in [6.45, 7) is 3.63. The molecule has 2 heterocycles. The van der Waals surface area contributed by atoms with Gasteiger partial charge in [0.25, 0.3) is 5.91 Å². The van der Waals surface area contributed by atoms with E-state index in [0.717, 1.165) is 22.9 Å². The third-order valence-electron chi connectivity index (χ3n) is 5.58. The summed E-state index contributed by atoms with van der Waals surface area (Å²) in [6, 6.07) is 19.7. The Balaban J connectivity index is 1.55. The van der Waals surface area contributed by atoms with E-state index in [-0.39, 0.29) is 17.9 Å². The summed E-state index contributed by atoms with van der Waals surface area (Å²) < 4.78 is 0. The number of rotatable bonds is 4. The Morgan fingerprint density at radius 3 is 2.66 bits per heavy atom. The van der Waals surface area contributed by atoms with Crippen molar-refractivity contribution in [1.29, 1.82) is 0 Å². The second kappa shape index (κ2) is 8.43. The molecule has 0 aliphatic carbocycles. The standard InChI is InChI=1S/C24H25N3O2/c1-2-21-17-26(13-12-23(28)27(21)16-18-8-4-3-5-9-18)24(29)20-14-19-10-6-7-11-22(19)25-15-20/h3-11,14-15,21H,2,12-13,16-17H2,1H3/t21-/m0/s1.